The summed E-state index contributed by atoms with van der Waals surface area (Å²) in [4.78, 5) is 45.1. The van der Waals surface area contributed by atoms with Crippen molar-refractivity contribution in [2.45, 2.75) is 38.6 Å². The number of nitrogens with zero attached hydrogens (tertiary/aromatic N) is 2. The highest BCUT2D eigenvalue weighted by atomic mass is 32.1. The van der Waals surface area contributed by atoms with E-state index in [0.717, 1.165) is 23.4 Å². The lowest BCUT2D eigenvalue weighted by Crippen LogP contribution is -2.45. The number of rotatable bonds is 7. The van der Waals surface area contributed by atoms with Gasteiger partial charge in [-0.15, -0.1) is 11.3 Å². The Hall–Kier alpha value is -3.39. The maximum absolute atomic E-state index is 13.5. The highest BCUT2D eigenvalue weighted by Crippen LogP contribution is 2.33. The van der Waals surface area contributed by atoms with Crippen LogP contribution in [0.2, 0.25) is 0 Å². The first-order valence-electron chi connectivity index (χ1n) is 11.2. The fraction of sp³-hybridized carbons (Fsp3) is 0.308. The van der Waals surface area contributed by atoms with E-state index in [1.165, 1.54) is 23.5 Å². The van der Waals surface area contributed by atoms with Crippen molar-refractivity contribution in [3.05, 3.63) is 76.7 Å². The van der Waals surface area contributed by atoms with Gasteiger partial charge in [0.05, 0.1) is 16.3 Å². The molecule has 0 unspecified atom stereocenters. The molecule has 1 saturated heterocycles. The van der Waals surface area contributed by atoms with E-state index in [4.69, 9.17) is 4.74 Å². The summed E-state index contributed by atoms with van der Waals surface area (Å²) in [5, 5.41) is 0.732. The molecular formula is C26H25FN2O4S. The van der Waals surface area contributed by atoms with E-state index in [0.29, 0.717) is 29.1 Å². The Morgan fingerprint density at radius 2 is 1.82 bits per heavy atom. The molecule has 0 N–H and O–H groups in total. The van der Waals surface area contributed by atoms with Crippen molar-refractivity contribution < 1.29 is 23.5 Å². The van der Waals surface area contributed by atoms with Gasteiger partial charge in [-0.1, -0.05) is 42.5 Å². The normalized spacial score (nSPS) is 15.7. The second-order valence-electron chi connectivity index (χ2n) is 8.22. The quantitative estimate of drug-likeness (QED) is 0.349. The number of thiazole rings is 1. The van der Waals surface area contributed by atoms with Gasteiger partial charge in [0.1, 0.15) is 11.5 Å². The predicted molar refractivity (Wildman–Crippen MR) is 127 cm³/mol. The molecule has 0 radical (unpaired) electrons. The van der Waals surface area contributed by atoms with E-state index >= 15 is 0 Å². The number of carbonyl (C=O) groups is 3. The smallest absolute Gasteiger partial charge is 0.308 e. The van der Waals surface area contributed by atoms with Gasteiger partial charge in [-0.2, -0.15) is 0 Å². The molecule has 3 aromatic rings. The van der Waals surface area contributed by atoms with Gasteiger partial charge in [-0.05, 0) is 43.9 Å². The van der Waals surface area contributed by atoms with Crippen LogP contribution in [0.1, 0.15) is 51.5 Å². The number of aryl methyl sites for hydroxylation is 1. The molecule has 2 aromatic carbocycles. The summed E-state index contributed by atoms with van der Waals surface area (Å²) in [6.45, 7) is 2.01. The number of esters is 1. The van der Waals surface area contributed by atoms with Gasteiger partial charge in [0, 0.05) is 18.2 Å². The van der Waals surface area contributed by atoms with Gasteiger partial charge in [0.25, 0.3) is 5.91 Å². The molecule has 1 atom stereocenters. The molecule has 1 aromatic heterocycles. The van der Waals surface area contributed by atoms with E-state index in [9.17, 15) is 18.8 Å². The number of ketones is 1. The summed E-state index contributed by atoms with van der Waals surface area (Å²) in [6.07, 6.45) is 2.41. The van der Waals surface area contributed by atoms with E-state index in [2.05, 4.69) is 4.98 Å². The van der Waals surface area contributed by atoms with Gasteiger partial charge in [0.2, 0.25) is 0 Å². The summed E-state index contributed by atoms with van der Waals surface area (Å²) in [5.41, 5.74) is 1.52. The minimum absolute atomic E-state index is 0.0167. The molecule has 0 bridgehead atoms. The zero-order valence-electron chi connectivity index (χ0n) is 18.8. The van der Waals surface area contributed by atoms with Gasteiger partial charge in [-0.3, -0.25) is 14.4 Å². The third-order valence-electron chi connectivity index (χ3n) is 5.79. The largest absolute Gasteiger partial charge is 0.457 e. The molecule has 1 aliphatic heterocycles. The summed E-state index contributed by atoms with van der Waals surface area (Å²) >= 11 is 1.38. The van der Waals surface area contributed by atoms with Crippen molar-refractivity contribution in [3.8, 4) is 10.4 Å². The van der Waals surface area contributed by atoms with Crippen LogP contribution in [0.5, 0.6) is 0 Å². The molecule has 8 heteroatoms. The summed E-state index contributed by atoms with van der Waals surface area (Å²) in [7, 11) is 0. The van der Waals surface area contributed by atoms with Crippen molar-refractivity contribution >= 4 is 29.0 Å². The predicted octanol–water partition coefficient (Wildman–Crippen LogP) is 5.07. The van der Waals surface area contributed by atoms with E-state index in [1.54, 1.807) is 41.3 Å². The Kier molecular flexibility index (Phi) is 7.47. The Morgan fingerprint density at radius 1 is 1.09 bits per heavy atom. The van der Waals surface area contributed by atoms with Crippen molar-refractivity contribution in [1.29, 1.82) is 0 Å². The molecule has 4 rings (SSSR count). The van der Waals surface area contributed by atoms with Crippen LogP contribution in [0.15, 0.2) is 54.6 Å². The Balaban J connectivity index is 1.45. The fourth-order valence-corrected chi connectivity index (χ4v) is 5.01. The first kappa shape index (κ1) is 23.8. The maximum atomic E-state index is 13.5. The van der Waals surface area contributed by atoms with Crippen LogP contribution in [0.25, 0.3) is 10.4 Å². The SMILES string of the molecule is Cc1nc(C(=O)N2CCCC[C@@H]2CC(=O)OCC(=O)c2ccccc2)c(-c2ccc(F)cc2)s1. The monoisotopic (exact) mass is 480 g/mol. The molecule has 1 fully saturated rings. The second-order valence-corrected chi connectivity index (χ2v) is 9.42. The molecule has 0 spiro atoms. The number of halogens is 1. The number of amides is 1. The standard InChI is InChI=1S/C26H25FN2O4S/c1-17-28-24(25(34-17)19-10-12-20(27)13-11-19)26(32)29-14-6-5-9-21(29)15-23(31)33-16-22(30)18-7-3-2-4-8-18/h2-4,7-8,10-13,21H,5-6,9,14-16H2,1H3/t21-/m1/s1. The van der Waals surface area contributed by atoms with Gasteiger partial charge < -0.3 is 9.64 Å². The van der Waals surface area contributed by atoms with Crippen LogP contribution in [0.3, 0.4) is 0 Å². The number of benzene rings is 2. The average molecular weight is 481 g/mol. The fourth-order valence-electron chi connectivity index (χ4n) is 4.09. The number of aromatic nitrogens is 1. The highest BCUT2D eigenvalue weighted by molar-refractivity contribution is 7.15. The molecular weight excluding hydrogens is 455 g/mol. The van der Waals surface area contributed by atoms with Crippen LogP contribution >= 0.6 is 11.3 Å². The first-order chi connectivity index (χ1) is 16.4. The Labute approximate surface area is 201 Å². The average Bonchev–Trinajstić information content (AvgIpc) is 3.25. The number of Topliss-reactive ketones (excluding diaryl/α,β-unsaturated/α-hetero) is 1. The van der Waals surface area contributed by atoms with Crippen LogP contribution < -0.4 is 0 Å². The number of carbonyl (C=O) groups excluding carboxylic acids is 3. The third kappa shape index (κ3) is 5.56. The van der Waals surface area contributed by atoms with E-state index in [1.807, 2.05) is 13.0 Å². The molecule has 6 nitrogen and oxygen atoms in total. The van der Waals surface area contributed by atoms with Crippen LogP contribution in [0, 0.1) is 12.7 Å². The van der Waals surface area contributed by atoms with E-state index < -0.39 is 5.97 Å². The zero-order valence-corrected chi connectivity index (χ0v) is 19.6. The van der Waals surface area contributed by atoms with Crippen molar-refractivity contribution in [3.63, 3.8) is 0 Å². The highest BCUT2D eigenvalue weighted by Gasteiger charge is 2.32. The summed E-state index contributed by atoms with van der Waals surface area (Å²) in [6, 6.07) is 14.3. The lowest BCUT2D eigenvalue weighted by atomic mass is 9.98. The topological polar surface area (TPSA) is 76.6 Å². The van der Waals surface area contributed by atoms with Crippen LogP contribution in [-0.4, -0.2) is 46.7 Å². The van der Waals surface area contributed by atoms with E-state index in [-0.39, 0.29) is 36.6 Å². The minimum atomic E-state index is -0.512. The van der Waals surface area contributed by atoms with Crippen molar-refractivity contribution in [2.75, 3.05) is 13.2 Å². The Bertz CT molecular complexity index is 1180. The van der Waals surface area contributed by atoms with Gasteiger partial charge in [0.15, 0.2) is 12.4 Å². The second kappa shape index (κ2) is 10.7. The number of ether oxygens (including phenoxy) is 1. The van der Waals surface area contributed by atoms with Crippen molar-refractivity contribution in [1.82, 2.24) is 9.88 Å². The number of hydrogen-bond acceptors (Lipinski definition) is 6. The molecule has 1 aliphatic rings. The molecule has 0 aliphatic carbocycles. The number of hydrogen-bond donors (Lipinski definition) is 0. The molecule has 2 heterocycles. The molecule has 1 amide bonds. The lowest BCUT2D eigenvalue weighted by Gasteiger charge is -2.35. The Morgan fingerprint density at radius 3 is 2.56 bits per heavy atom. The third-order valence-corrected chi connectivity index (χ3v) is 6.81. The molecule has 34 heavy (non-hydrogen) atoms. The minimum Gasteiger partial charge on any atom is -0.457 e. The lowest BCUT2D eigenvalue weighted by molar-refractivity contribution is -0.143. The van der Waals surface area contributed by atoms with Crippen LogP contribution in [-0.2, 0) is 9.53 Å². The van der Waals surface area contributed by atoms with Crippen molar-refractivity contribution in [2.24, 2.45) is 0 Å². The molecule has 0 saturated carbocycles. The zero-order chi connectivity index (χ0) is 24.1. The van der Waals surface area contributed by atoms with Gasteiger partial charge >= 0.3 is 5.97 Å². The molecule has 176 valence electrons. The maximum Gasteiger partial charge on any atom is 0.308 e. The number of piperidine rings is 1. The summed E-state index contributed by atoms with van der Waals surface area (Å²) < 4.78 is 18.6. The van der Waals surface area contributed by atoms with Crippen LogP contribution in [0.4, 0.5) is 4.39 Å². The number of likely N-dealkylation sites (tertiary alicyclic amines) is 1. The van der Waals surface area contributed by atoms with Gasteiger partial charge in [-0.25, -0.2) is 9.37 Å². The first-order valence-corrected chi connectivity index (χ1v) is 12.0. The summed E-state index contributed by atoms with van der Waals surface area (Å²) in [5.74, 6) is -1.38.